The van der Waals surface area contributed by atoms with E-state index in [0.29, 0.717) is 0 Å². The molecule has 3 rings (SSSR count). The van der Waals surface area contributed by atoms with Crippen LogP contribution in [0.25, 0.3) is 28.1 Å². The molecule has 0 fully saturated rings. The number of aliphatic carboxylic acids is 1. The second-order valence-electron chi connectivity index (χ2n) is 8.03. The van der Waals surface area contributed by atoms with Gasteiger partial charge in [0.15, 0.2) is 0 Å². The normalized spacial score (nSPS) is 14.5. The summed E-state index contributed by atoms with van der Waals surface area (Å²) in [5, 5.41) is 30.0. The van der Waals surface area contributed by atoms with E-state index < -0.39 is 24.6 Å². The van der Waals surface area contributed by atoms with Crippen molar-refractivity contribution in [3.63, 3.8) is 0 Å². The van der Waals surface area contributed by atoms with Crippen molar-refractivity contribution in [2.45, 2.75) is 51.2 Å². The lowest BCUT2D eigenvalue weighted by Crippen LogP contribution is -2.19. The van der Waals surface area contributed by atoms with Gasteiger partial charge in [-0.2, -0.15) is 0 Å². The standard InChI is InChI=1S/C26H28FNO4/c1-3-16(2)26-22(13-12-19(29)14-20(30)15-24(31)32)25(17-8-10-18(27)11-9-17)21-6-4-5-7-23(21)28-26/h4-13,16,19-20,29-30H,3,14-15H2,1-2H3,(H,31,32)/b13-12+/t16?,19-,20-/m1/s1. The Hall–Kier alpha value is -3.09. The number of aliphatic hydroxyl groups excluding tert-OH is 2. The van der Waals surface area contributed by atoms with Gasteiger partial charge in [0.2, 0.25) is 0 Å². The molecule has 0 saturated carbocycles. The van der Waals surface area contributed by atoms with E-state index in [2.05, 4.69) is 13.8 Å². The van der Waals surface area contributed by atoms with Crippen LogP contribution in [0.5, 0.6) is 0 Å². The SMILES string of the molecule is CCC(C)c1nc2ccccc2c(-c2ccc(F)cc2)c1/C=C/[C@@H](O)C[C@@H](O)CC(=O)O. The molecular formula is C26H28FNO4. The summed E-state index contributed by atoms with van der Waals surface area (Å²) in [6, 6.07) is 14.0. The predicted octanol–water partition coefficient (Wildman–Crippen LogP) is 5.15. The first-order valence-corrected chi connectivity index (χ1v) is 10.7. The molecule has 0 aliphatic rings. The van der Waals surface area contributed by atoms with Gasteiger partial charge < -0.3 is 15.3 Å². The zero-order chi connectivity index (χ0) is 23.3. The van der Waals surface area contributed by atoms with Crippen molar-refractivity contribution < 1.29 is 24.5 Å². The molecule has 0 saturated heterocycles. The zero-order valence-corrected chi connectivity index (χ0v) is 18.2. The highest BCUT2D eigenvalue weighted by atomic mass is 19.1. The van der Waals surface area contributed by atoms with Crippen LogP contribution in [0.1, 0.15) is 50.3 Å². The van der Waals surface area contributed by atoms with Gasteiger partial charge in [0.25, 0.3) is 0 Å². The highest BCUT2D eigenvalue weighted by Gasteiger charge is 2.19. The van der Waals surface area contributed by atoms with Gasteiger partial charge in [-0.05, 0) is 36.1 Å². The van der Waals surface area contributed by atoms with Crippen molar-refractivity contribution in [2.75, 3.05) is 0 Å². The Morgan fingerprint density at radius 2 is 1.81 bits per heavy atom. The summed E-state index contributed by atoms with van der Waals surface area (Å²) in [7, 11) is 0. The molecule has 32 heavy (non-hydrogen) atoms. The lowest BCUT2D eigenvalue weighted by molar-refractivity contribution is -0.139. The Labute approximate surface area is 186 Å². The van der Waals surface area contributed by atoms with Gasteiger partial charge in [0, 0.05) is 22.9 Å². The number of carboxylic acid groups (broad SMARTS) is 1. The summed E-state index contributed by atoms with van der Waals surface area (Å²) >= 11 is 0. The molecule has 3 N–H and O–H groups in total. The lowest BCUT2D eigenvalue weighted by atomic mass is 9.89. The fourth-order valence-corrected chi connectivity index (χ4v) is 3.76. The number of halogens is 1. The summed E-state index contributed by atoms with van der Waals surface area (Å²) in [6.07, 6.45) is 1.49. The van der Waals surface area contributed by atoms with Gasteiger partial charge in [-0.1, -0.05) is 56.3 Å². The number of carboxylic acids is 1. The third-order valence-corrected chi connectivity index (χ3v) is 5.58. The van der Waals surface area contributed by atoms with Crippen LogP contribution in [-0.2, 0) is 4.79 Å². The summed E-state index contributed by atoms with van der Waals surface area (Å²) < 4.78 is 13.6. The van der Waals surface area contributed by atoms with Crippen molar-refractivity contribution in [2.24, 2.45) is 0 Å². The number of rotatable bonds is 9. The summed E-state index contributed by atoms with van der Waals surface area (Å²) in [4.78, 5) is 15.7. The third kappa shape index (κ3) is 5.58. The molecule has 0 aliphatic heterocycles. The van der Waals surface area contributed by atoms with Gasteiger partial charge in [-0.25, -0.2) is 4.39 Å². The van der Waals surface area contributed by atoms with Crippen molar-refractivity contribution in [3.8, 4) is 11.1 Å². The second-order valence-corrected chi connectivity index (χ2v) is 8.03. The van der Waals surface area contributed by atoms with Gasteiger partial charge >= 0.3 is 5.97 Å². The van der Waals surface area contributed by atoms with E-state index in [4.69, 9.17) is 10.1 Å². The lowest BCUT2D eigenvalue weighted by Gasteiger charge is -2.19. The van der Waals surface area contributed by atoms with Crippen molar-refractivity contribution in [1.82, 2.24) is 4.98 Å². The Balaban J connectivity index is 2.14. The van der Waals surface area contributed by atoms with Gasteiger partial charge in [-0.15, -0.1) is 0 Å². The molecule has 6 heteroatoms. The Kier molecular flexibility index (Phi) is 7.72. The number of nitrogens with zero attached hydrogens (tertiary/aromatic N) is 1. The van der Waals surface area contributed by atoms with Crippen LogP contribution in [0.2, 0.25) is 0 Å². The van der Waals surface area contributed by atoms with Crippen molar-refractivity contribution in [1.29, 1.82) is 0 Å². The second kappa shape index (κ2) is 10.5. The molecule has 0 spiro atoms. The van der Waals surface area contributed by atoms with Crippen LogP contribution >= 0.6 is 0 Å². The first kappa shape index (κ1) is 23.6. The smallest absolute Gasteiger partial charge is 0.305 e. The van der Waals surface area contributed by atoms with E-state index in [1.807, 2.05) is 24.3 Å². The van der Waals surface area contributed by atoms with E-state index in [9.17, 15) is 19.4 Å². The van der Waals surface area contributed by atoms with E-state index in [1.165, 1.54) is 12.1 Å². The Bertz CT molecular complexity index is 1110. The number of hydrogen-bond donors (Lipinski definition) is 3. The monoisotopic (exact) mass is 437 g/mol. The van der Waals surface area contributed by atoms with Crippen LogP contribution in [0.3, 0.4) is 0 Å². The summed E-state index contributed by atoms with van der Waals surface area (Å²) in [5.41, 5.74) is 4.23. The van der Waals surface area contributed by atoms with Gasteiger partial charge in [0.05, 0.1) is 29.8 Å². The Morgan fingerprint density at radius 1 is 1.12 bits per heavy atom. The van der Waals surface area contributed by atoms with Crippen LogP contribution in [0.15, 0.2) is 54.6 Å². The molecule has 3 aromatic rings. The minimum atomic E-state index is -1.15. The fourth-order valence-electron chi connectivity index (χ4n) is 3.76. The summed E-state index contributed by atoms with van der Waals surface area (Å²) in [6.45, 7) is 4.15. The van der Waals surface area contributed by atoms with E-state index >= 15 is 0 Å². The average Bonchev–Trinajstić information content (AvgIpc) is 2.76. The minimum Gasteiger partial charge on any atom is -0.481 e. The molecule has 0 radical (unpaired) electrons. The molecule has 2 aromatic carbocycles. The van der Waals surface area contributed by atoms with E-state index in [1.54, 1.807) is 24.3 Å². The molecule has 0 aliphatic carbocycles. The zero-order valence-electron chi connectivity index (χ0n) is 18.2. The van der Waals surface area contributed by atoms with Crippen LogP contribution in [0.4, 0.5) is 4.39 Å². The first-order chi connectivity index (χ1) is 15.3. The molecular weight excluding hydrogens is 409 g/mol. The molecule has 0 amide bonds. The highest BCUT2D eigenvalue weighted by molar-refractivity contribution is 5.99. The summed E-state index contributed by atoms with van der Waals surface area (Å²) in [5.74, 6) is -1.31. The van der Waals surface area contributed by atoms with Crippen LogP contribution < -0.4 is 0 Å². The molecule has 1 unspecified atom stereocenters. The molecule has 1 aromatic heterocycles. The van der Waals surface area contributed by atoms with Crippen molar-refractivity contribution >= 4 is 22.9 Å². The maximum absolute atomic E-state index is 13.6. The van der Waals surface area contributed by atoms with E-state index in [0.717, 1.165) is 39.7 Å². The third-order valence-electron chi connectivity index (χ3n) is 5.58. The minimum absolute atomic E-state index is 0.0889. The molecule has 1 heterocycles. The quantitative estimate of drug-likeness (QED) is 0.430. The van der Waals surface area contributed by atoms with Crippen molar-refractivity contribution in [3.05, 3.63) is 71.7 Å². The maximum atomic E-state index is 13.6. The number of aliphatic hydroxyl groups is 2. The number of hydrogen-bond acceptors (Lipinski definition) is 4. The van der Waals surface area contributed by atoms with Crippen LogP contribution in [-0.4, -0.2) is 38.5 Å². The average molecular weight is 438 g/mol. The molecule has 5 nitrogen and oxygen atoms in total. The number of pyridine rings is 1. The fraction of sp³-hybridized carbons (Fsp3) is 0.308. The van der Waals surface area contributed by atoms with Crippen LogP contribution in [0, 0.1) is 5.82 Å². The number of fused-ring (bicyclic) bond motifs is 1. The molecule has 3 atom stereocenters. The highest BCUT2D eigenvalue weighted by Crippen LogP contribution is 2.37. The number of benzene rings is 2. The first-order valence-electron chi connectivity index (χ1n) is 10.7. The number of aromatic nitrogens is 1. The molecule has 168 valence electrons. The maximum Gasteiger partial charge on any atom is 0.305 e. The van der Waals surface area contributed by atoms with Gasteiger partial charge in [-0.3, -0.25) is 9.78 Å². The van der Waals surface area contributed by atoms with Gasteiger partial charge in [0.1, 0.15) is 5.82 Å². The van der Waals surface area contributed by atoms with E-state index in [-0.39, 0.29) is 18.2 Å². The molecule has 0 bridgehead atoms. The largest absolute Gasteiger partial charge is 0.481 e. The topological polar surface area (TPSA) is 90.7 Å². The predicted molar refractivity (Wildman–Crippen MR) is 124 cm³/mol. The number of carbonyl (C=O) groups is 1. The Morgan fingerprint density at radius 3 is 2.47 bits per heavy atom. The number of para-hydroxylation sites is 1.